The molecule has 10 heteroatoms. The molecule has 1 aromatic carbocycles. The molecule has 1 aromatic heterocycles. The maximum absolute atomic E-state index is 12.8. The lowest BCUT2D eigenvalue weighted by Crippen LogP contribution is -2.46. The Labute approximate surface area is 168 Å². The summed E-state index contributed by atoms with van der Waals surface area (Å²) in [6.07, 6.45) is 1.46. The zero-order chi connectivity index (χ0) is 20.3. The van der Waals surface area contributed by atoms with Crippen LogP contribution in [0.1, 0.15) is 18.2 Å². The fourth-order valence-corrected chi connectivity index (χ4v) is 3.17. The van der Waals surface area contributed by atoms with Crippen molar-refractivity contribution in [2.75, 3.05) is 6.54 Å². The molecule has 1 saturated heterocycles. The minimum Gasteiger partial charge on any atom is -0.467 e. The molecule has 3 N–H and O–H groups in total. The highest BCUT2D eigenvalue weighted by atomic mass is 79.9. The normalized spacial score (nSPS) is 18.7. The summed E-state index contributed by atoms with van der Waals surface area (Å²) in [4.78, 5) is 49.7. The van der Waals surface area contributed by atoms with Crippen LogP contribution in [0.5, 0.6) is 0 Å². The molecule has 28 heavy (non-hydrogen) atoms. The highest BCUT2D eigenvalue weighted by molar-refractivity contribution is 9.10. The zero-order valence-corrected chi connectivity index (χ0v) is 16.4. The minimum atomic E-state index is -1.30. The number of urea groups is 2. The van der Waals surface area contributed by atoms with E-state index in [1.54, 1.807) is 43.3 Å². The van der Waals surface area contributed by atoms with Gasteiger partial charge in [-0.25, -0.2) is 9.59 Å². The second-order valence-corrected chi connectivity index (χ2v) is 7.18. The first-order valence-electron chi connectivity index (χ1n) is 8.30. The monoisotopic (exact) mass is 448 g/mol. The van der Waals surface area contributed by atoms with E-state index in [1.165, 1.54) is 6.26 Å². The Morgan fingerprint density at radius 3 is 2.71 bits per heavy atom. The van der Waals surface area contributed by atoms with Crippen LogP contribution in [0.2, 0.25) is 0 Å². The topological polar surface area (TPSA) is 121 Å². The van der Waals surface area contributed by atoms with Gasteiger partial charge in [0.15, 0.2) is 0 Å². The highest BCUT2D eigenvalue weighted by Crippen LogP contribution is 2.30. The number of hydrogen-bond acceptors (Lipinski definition) is 5. The molecule has 0 spiro atoms. The van der Waals surface area contributed by atoms with E-state index in [-0.39, 0.29) is 6.54 Å². The Morgan fingerprint density at radius 2 is 2.04 bits per heavy atom. The molecule has 1 unspecified atom stereocenters. The number of amides is 6. The average molecular weight is 449 g/mol. The quantitative estimate of drug-likeness (QED) is 0.602. The van der Waals surface area contributed by atoms with Crippen molar-refractivity contribution < 1.29 is 23.6 Å². The van der Waals surface area contributed by atoms with Gasteiger partial charge < -0.3 is 15.1 Å². The standard InChI is InChI=1S/C18H17BrN4O5/c1-18(11-4-2-5-12(19)8-11)15(25)23(17(27)22-18)10-14(24)21-16(26)20-9-13-6-3-7-28-13/h2-8H,9-10H2,1H3,(H,22,27)(H2,20,21,24,26). The predicted octanol–water partition coefficient (Wildman–Crippen LogP) is 1.84. The number of carbonyl (C=O) groups is 4. The van der Waals surface area contributed by atoms with Crippen LogP contribution in [-0.4, -0.2) is 35.3 Å². The second-order valence-electron chi connectivity index (χ2n) is 6.27. The maximum Gasteiger partial charge on any atom is 0.325 e. The Kier molecular flexibility index (Phi) is 5.50. The van der Waals surface area contributed by atoms with Crippen LogP contribution in [0.4, 0.5) is 9.59 Å². The number of carbonyl (C=O) groups excluding carboxylic acids is 4. The molecule has 1 aliphatic heterocycles. The van der Waals surface area contributed by atoms with Gasteiger partial charge in [0.05, 0.1) is 12.8 Å². The van der Waals surface area contributed by atoms with Gasteiger partial charge in [-0.05, 0) is 36.8 Å². The van der Waals surface area contributed by atoms with Crippen molar-refractivity contribution in [2.24, 2.45) is 0 Å². The third kappa shape index (κ3) is 4.06. The number of nitrogens with one attached hydrogen (secondary N) is 3. The highest BCUT2D eigenvalue weighted by Gasteiger charge is 2.49. The first-order valence-corrected chi connectivity index (χ1v) is 9.09. The summed E-state index contributed by atoms with van der Waals surface area (Å²) in [5, 5.41) is 7.11. The largest absolute Gasteiger partial charge is 0.467 e. The molecular weight excluding hydrogens is 432 g/mol. The number of benzene rings is 1. The van der Waals surface area contributed by atoms with E-state index in [2.05, 4.69) is 31.9 Å². The molecule has 9 nitrogen and oxygen atoms in total. The van der Waals surface area contributed by atoms with Crippen molar-refractivity contribution in [1.82, 2.24) is 20.9 Å². The molecule has 1 atom stereocenters. The average Bonchev–Trinajstić information content (AvgIpc) is 3.23. The van der Waals surface area contributed by atoms with E-state index in [0.717, 1.165) is 9.37 Å². The van der Waals surface area contributed by atoms with E-state index in [9.17, 15) is 19.2 Å². The van der Waals surface area contributed by atoms with Gasteiger partial charge in [-0.1, -0.05) is 28.1 Å². The zero-order valence-electron chi connectivity index (χ0n) is 14.8. The molecule has 0 saturated carbocycles. The molecule has 6 amide bonds. The number of rotatable bonds is 5. The first-order chi connectivity index (χ1) is 13.3. The maximum atomic E-state index is 12.8. The van der Waals surface area contributed by atoms with Gasteiger partial charge in [-0.3, -0.25) is 19.8 Å². The van der Waals surface area contributed by atoms with Crippen LogP contribution in [0.3, 0.4) is 0 Å². The van der Waals surface area contributed by atoms with E-state index < -0.39 is 36.0 Å². The summed E-state index contributed by atoms with van der Waals surface area (Å²) in [6, 6.07) is 8.81. The Morgan fingerprint density at radius 1 is 1.25 bits per heavy atom. The van der Waals surface area contributed by atoms with Gasteiger partial charge >= 0.3 is 12.1 Å². The van der Waals surface area contributed by atoms with Crippen molar-refractivity contribution in [3.8, 4) is 0 Å². The molecule has 0 bridgehead atoms. The molecule has 3 rings (SSSR count). The van der Waals surface area contributed by atoms with Gasteiger partial charge in [0, 0.05) is 4.47 Å². The minimum absolute atomic E-state index is 0.0935. The number of nitrogens with zero attached hydrogens (tertiary/aromatic N) is 1. The molecule has 1 aliphatic rings. The Bertz CT molecular complexity index is 930. The fraction of sp³-hybridized carbons (Fsp3) is 0.222. The Hall–Kier alpha value is -3.14. The van der Waals surface area contributed by atoms with Crippen molar-refractivity contribution >= 4 is 39.8 Å². The molecule has 0 radical (unpaired) electrons. The van der Waals surface area contributed by atoms with Crippen LogP contribution >= 0.6 is 15.9 Å². The van der Waals surface area contributed by atoms with E-state index in [0.29, 0.717) is 11.3 Å². The third-order valence-electron chi connectivity index (χ3n) is 4.23. The van der Waals surface area contributed by atoms with Crippen LogP contribution in [0.15, 0.2) is 51.6 Å². The van der Waals surface area contributed by atoms with Crippen LogP contribution < -0.4 is 16.0 Å². The van der Waals surface area contributed by atoms with Gasteiger partial charge in [-0.2, -0.15) is 0 Å². The van der Waals surface area contributed by atoms with Crippen LogP contribution in [0.25, 0.3) is 0 Å². The van der Waals surface area contributed by atoms with Crippen LogP contribution in [0, 0.1) is 0 Å². The number of furan rings is 1. The molecule has 2 heterocycles. The summed E-state index contributed by atoms with van der Waals surface area (Å²) in [7, 11) is 0. The number of halogens is 1. The number of imide groups is 2. The third-order valence-corrected chi connectivity index (χ3v) is 4.73. The number of hydrogen-bond donors (Lipinski definition) is 3. The van der Waals surface area contributed by atoms with Gasteiger partial charge in [0.1, 0.15) is 17.8 Å². The molecule has 146 valence electrons. The van der Waals surface area contributed by atoms with Crippen molar-refractivity contribution in [2.45, 2.75) is 19.0 Å². The van der Waals surface area contributed by atoms with Gasteiger partial charge in [-0.15, -0.1) is 0 Å². The molecule has 0 aliphatic carbocycles. The van der Waals surface area contributed by atoms with E-state index >= 15 is 0 Å². The van der Waals surface area contributed by atoms with Crippen molar-refractivity contribution in [1.29, 1.82) is 0 Å². The summed E-state index contributed by atoms with van der Waals surface area (Å²) in [6.45, 7) is 1.07. The molecular formula is C18H17BrN4O5. The lowest BCUT2D eigenvalue weighted by atomic mass is 9.92. The van der Waals surface area contributed by atoms with Crippen molar-refractivity contribution in [3.63, 3.8) is 0 Å². The summed E-state index contributed by atoms with van der Waals surface area (Å²) < 4.78 is 5.81. The molecule has 2 aromatic rings. The fourth-order valence-electron chi connectivity index (χ4n) is 2.77. The van der Waals surface area contributed by atoms with Crippen molar-refractivity contribution in [3.05, 3.63) is 58.5 Å². The summed E-state index contributed by atoms with van der Waals surface area (Å²) in [5.41, 5.74) is -0.734. The lowest BCUT2D eigenvalue weighted by molar-refractivity contribution is -0.134. The lowest BCUT2D eigenvalue weighted by Gasteiger charge is -2.22. The molecule has 1 fully saturated rings. The van der Waals surface area contributed by atoms with Gasteiger partial charge in [0.2, 0.25) is 5.91 Å². The van der Waals surface area contributed by atoms with E-state index in [4.69, 9.17) is 4.42 Å². The Balaban J connectivity index is 1.60. The first kappa shape index (κ1) is 19.6. The SMILES string of the molecule is CC1(c2cccc(Br)c2)NC(=O)N(CC(=O)NC(=O)NCc2ccco2)C1=O. The summed E-state index contributed by atoms with van der Waals surface area (Å²) >= 11 is 3.33. The van der Waals surface area contributed by atoms with E-state index in [1.807, 2.05) is 0 Å². The predicted molar refractivity (Wildman–Crippen MR) is 101 cm³/mol. The summed E-state index contributed by atoms with van der Waals surface area (Å²) in [5.74, 6) is -0.859. The second kappa shape index (κ2) is 7.85. The van der Waals surface area contributed by atoms with Crippen LogP contribution in [-0.2, 0) is 21.7 Å². The van der Waals surface area contributed by atoms with Gasteiger partial charge in [0.25, 0.3) is 5.91 Å². The smallest absolute Gasteiger partial charge is 0.325 e.